The summed E-state index contributed by atoms with van der Waals surface area (Å²) in [4.78, 5) is 28.0. The molecule has 0 saturated heterocycles. The summed E-state index contributed by atoms with van der Waals surface area (Å²) in [5.74, 6) is 1.50. The molecule has 0 bridgehead atoms. The molecule has 1 fully saturated rings. The maximum atomic E-state index is 13.2. The number of benzene rings is 3. The van der Waals surface area contributed by atoms with E-state index in [0.29, 0.717) is 18.0 Å². The van der Waals surface area contributed by atoms with Crippen LogP contribution < -0.4 is 14.8 Å². The second-order valence-electron chi connectivity index (χ2n) is 9.71. The van der Waals surface area contributed by atoms with Gasteiger partial charge in [0.2, 0.25) is 5.91 Å². The Labute approximate surface area is 212 Å². The Morgan fingerprint density at radius 2 is 1.67 bits per heavy atom. The maximum absolute atomic E-state index is 13.2. The Bertz CT molecular complexity index is 1250. The van der Waals surface area contributed by atoms with Crippen LogP contribution in [0.15, 0.2) is 66.7 Å². The average molecular weight is 485 g/mol. The summed E-state index contributed by atoms with van der Waals surface area (Å²) in [5.41, 5.74) is 5.24. The van der Waals surface area contributed by atoms with E-state index >= 15 is 0 Å². The topological polar surface area (TPSA) is 67.9 Å². The van der Waals surface area contributed by atoms with Crippen molar-refractivity contribution in [2.75, 3.05) is 19.0 Å². The van der Waals surface area contributed by atoms with E-state index in [9.17, 15) is 9.59 Å². The lowest BCUT2D eigenvalue weighted by molar-refractivity contribution is -0.134. The van der Waals surface area contributed by atoms with Gasteiger partial charge in [-0.1, -0.05) is 35.9 Å². The van der Waals surface area contributed by atoms with E-state index in [-0.39, 0.29) is 23.8 Å². The van der Waals surface area contributed by atoms with Gasteiger partial charge in [0.1, 0.15) is 11.5 Å². The van der Waals surface area contributed by atoms with Crippen LogP contribution in [-0.2, 0) is 16.0 Å². The quantitative estimate of drug-likeness (QED) is 0.495. The van der Waals surface area contributed by atoms with Crippen LogP contribution in [0.3, 0.4) is 0 Å². The first kappa shape index (κ1) is 23.9. The normalized spacial score (nSPS) is 17.6. The molecule has 6 heteroatoms. The third-order valence-corrected chi connectivity index (χ3v) is 6.99. The number of carbonyl (C=O) groups is 2. The summed E-state index contributed by atoms with van der Waals surface area (Å²) >= 11 is 0. The lowest BCUT2D eigenvalue weighted by Gasteiger charge is -2.38. The zero-order valence-corrected chi connectivity index (χ0v) is 21.0. The molecule has 2 atom stereocenters. The Hall–Kier alpha value is -3.80. The number of carbonyl (C=O) groups excluding carboxylic acids is 2. The second-order valence-corrected chi connectivity index (χ2v) is 9.71. The summed E-state index contributed by atoms with van der Waals surface area (Å²) in [7, 11) is 1.60. The zero-order valence-electron chi connectivity index (χ0n) is 21.0. The van der Waals surface area contributed by atoms with Crippen LogP contribution in [-0.4, -0.2) is 36.5 Å². The largest absolute Gasteiger partial charge is 0.497 e. The van der Waals surface area contributed by atoms with E-state index in [1.54, 1.807) is 38.3 Å². The average Bonchev–Trinajstić information content (AvgIpc) is 3.74. The van der Waals surface area contributed by atoms with Crippen molar-refractivity contribution in [3.8, 4) is 11.5 Å². The van der Waals surface area contributed by atoms with E-state index < -0.39 is 6.10 Å². The summed E-state index contributed by atoms with van der Waals surface area (Å²) < 4.78 is 11.2. The fraction of sp³-hybridized carbons (Fsp3) is 0.333. The molecule has 1 saturated carbocycles. The predicted molar refractivity (Wildman–Crippen MR) is 139 cm³/mol. The number of nitrogens with zero attached hydrogens (tertiary/aromatic N) is 1. The number of amides is 2. The molecule has 1 aliphatic heterocycles. The summed E-state index contributed by atoms with van der Waals surface area (Å²) in [6.45, 7) is 4.51. The van der Waals surface area contributed by atoms with Crippen molar-refractivity contribution in [3.05, 3.63) is 89.0 Å². The van der Waals surface area contributed by atoms with Gasteiger partial charge in [0.15, 0.2) is 6.10 Å². The van der Waals surface area contributed by atoms with Gasteiger partial charge in [0, 0.05) is 18.2 Å². The number of ether oxygens (including phenoxy) is 2. The van der Waals surface area contributed by atoms with Gasteiger partial charge in [0.05, 0.1) is 13.2 Å². The number of fused-ring (bicyclic) bond motifs is 1. The molecule has 0 aromatic heterocycles. The molecular weight excluding hydrogens is 452 g/mol. The minimum absolute atomic E-state index is 0.153. The van der Waals surface area contributed by atoms with Crippen molar-refractivity contribution in [1.29, 1.82) is 0 Å². The molecule has 3 aromatic carbocycles. The number of hydrogen-bond donors (Lipinski definition) is 1. The van der Waals surface area contributed by atoms with Gasteiger partial charge in [-0.05, 0) is 86.2 Å². The molecule has 3 aromatic rings. The Balaban J connectivity index is 1.38. The Kier molecular flexibility index (Phi) is 6.68. The standard InChI is InChI=1S/C30H32N2O4/c1-19-4-6-22(7-5-19)28-27-18-26(13-10-21(27)16-17-32(28)30(34)23-8-9-23)36-20(2)29(33)31-24-11-14-25(35-3)15-12-24/h4-7,10-15,18,20,23,28H,8-9,16-17H2,1-3H3,(H,31,33)/t20-,28+/m1/s1. The monoisotopic (exact) mass is 484 g/mol. The smallest absolute Gasteiger partial charge is 0.265 e. The number of rotatable bonds is 7. The lowest BCUT2D eigenvalue weighted by Crippen LogP contribution is -2.41. The van der Waals surface area contributed by atoms with Crippen LogP contribution in [0, 0.1) is 12.8 Å². The van der Waals surface area contributed by atoms with Gasteiger partial charge in [-0.15, -0.1) is 0 Å². The van der Waals surface area contributed by atoms with Crippen LogP contribution in [0.5, 0.6) is 11.5 Å². The summed E-state index contributed by atoms with van der Waals surface area (Å²) in [6.07, 6.45) is 2.07. The molecule has 0 radical (unpaired) electrons. The highest BCUT2D eigenvalue weighted by Gasteiger charge is 2.39. The maximum Gasteiger partial charge on any atom is 0.265 e. The molecule has 0 unspecified atom stereocenters. The zero-order chi connectivity index (χ0) is 25.2. The van der Waals surface area contributed by atoms with E-state index in [2.05, 4.69) is 42.6 Å². The lowest BCUT2D eigenvalue weighted by atomic mass is 9.87. The highest BCUT2D eigenvalue weighted by Crippen LogP contribution is 2.41. The van der Waals surface area contributed by atoms with Crippen LogP contribution >= 0.6 is 0 Å². The highest BCUT2D eigenvalue weighted by molar-refractivity contribution is 5.94. The van der Waals surface area contributed by atoms with Crippen molar-refractivity contribution < 1.29 is 19.1 Å². The molecule has 1 aliphatic carbocycles. The van der Waals surface area contributed by atoms with Crippen molar-refractivity contribution in [2.45, 2.75) is 45.3 Å². The first-order chi connectivity index (χ1) is 17.4. The Morgan fingerprint density at radius 1 is 0.972 bits per heavy atom. The fourth-order valence-corrected chi connectivity index (χ4v) is 4.75. The van der Waals surface area contributed by atoms with Crippen LogP contribution in [0.25, 0.3) is 0 Å². The number of nitrogens with one attached hydrogen (secondary N) is 1. The molecule has 186 valence electrons. The molecule has 2 aliphatic rings. The van der Waals surface area contributed by atoms with E-state index in [0.717, 1.165) is 36.1 Å². The summed E-state index contributed by atoms with van der Waals surface area (Å²) in [6, 6.07) is 21.4. The number of methoxy groups -OCH3 is 1. The van der Waals surface area contributed by atoms with Crippen LogP contribution in [0.2, 0.25) is 0 Å². The summed E-state index contributed by atoms with van der Waals surface area (Å²) in [5, 5.41) is 2.88. The third-order valence-electron chi connectivity index (χ3n) is 6.99. The number of aryl methyl sites for hydroxylation is 1. The van der Waals surface area contributed by atoms with Gasteiger partial charge in [-0.3, -0.25) is 9.59 Å². The van der Waals surface area contributed by atoms with Crippen LogP contribution in [0.1, 0.15) is 48.1 Å². The molecule has 1 N–H and O–H groups in total. The molecule has 6 nitrogen and oxygen atoms in total. The number of hydrogen-bond acceptors (Lipinski definition) is 4. The molecule has 5 rings (SSSR count). The molecule has 36 heavy (non-hydrogen) atoms. The predicted octanol–water partition coefficient (Wildman–Crippen LogP) is 5.29. The van der Waals surface area contributed by atoms with E-state index in [4.69, 9.17) is 9.47 Å². The molecule has 2 amide bonds. The van der Waals surface area contributed by atoms with Gasteiger partial charge in [-0.25, -0.2) is 0 Å². The fourth-order valence-electron chi connectivity index (χ4n) is 4.75. The van der Waals surface area contributed by atoms with Crippen molar-refractivity contribution in [2.24, 2.45) is 5.92 Å². The second kappa shape index (κ2) is 10.1. The van der Waals surface area contributed by atoms with Crippen molar-refractivity contribution >= 4 is 17.5 Å². The SMILES string of the molecule is COc1ccc(NC(=O)[C@@H](C)Oc2ccc3c(c2)[C@H](c2ccc(C)cc2)N(C(=O)C2CC2)CC3)cc1. The van der Waals surface area contributed by atoms with Crippen molar-refractivity contribution in [3.63, 3.8) is 0 Å². The van der Waals surface area contributed by atoms with Crippen LogP contribution in [0.4, 0.5) is 5.69 Å². The van der Waals surface area contributed by atoms with Gasteiger partial charge < -0.3 is 19.7 Å². The molecule has 1 heterocycles. The van der Waals surface area contributed by atoms with Gasteiger partial charge >= 0.3 is 0 Å². The third kappa shape index (κ3) is 5.08. The van der Waals surface area contributed by atoms with E-state index in [1.807, 2.05) is 17.0 Å². The highest BCUT2D eigenvalue weighted by atomic mass is 16.5. The first-order valence-corrected chi connectivity index (χ1v) is 12.5. The molecular formula is C30H32N2O4. The first-order valence-electron chi connectivity index (χ1n) is 12.5. The van der Waals surface area contributed by atoms with Gasteiger partial charge in [0.25, 0.3) is 5.91 Å². The number of anilines is 1. The van der Waals surface area contributed by atoms with Crippen molar-refractivity contribution in [1.82, 2.24) is 4.90 Å². The molecule has 0 spiro atoms. The minimum atomic E-state index is -0.698. The van der Waals surface area contributed by atoms with E-state index in [1.165, 1.54) is 11.1 Å². The Morgan fingerprint density at radius 3 is 2.33 bits per heavy atom. The van der Waals surface area contributed by atoms with Gasteiger partial charge in [-0.2, -0.15) is 0 Å². The minimum Gasteiger partial charge on any atom is -0.497 e.